The number of likely N-dealkylation sites (N-methyl/N-ethyl adjacent to an activating group) is 1. The summed E-state index contributed by atoms with van der Waals surface area (Å²) in [6, 6.07) is 1.86. The Kier molecular flexibility index (Phi) is 5.40. The van der Waals surface area contributed by atoms with Crippen molar-refractivity contribution in [1.29, 1.82) is 0 Å². The molecule has 9 heteroatoms. The van der Waals surface area contributed by atoms with Gasteiger partial charge in [-0.25, -0.2) is 9.97 Å². The quantitative estimate of drug-likeness (QED) is 0.638. The molecule has 0 bridgehead atoms. The van der Waals surface area contributed by atoms with Crippen molar-refractivity contribution in [2.24, 2.45) is 0 Å². The zero-order chi connectivity index (χ0) is 19.5. The first kappa shape index (κ1) is 18.6. The molecule has 1 aliphatic heterocycles. The van der Waals surface area contributed by atoms with Crippen molar-refractivity contribution in [2.75, 3.05) is 45.1 Å². The van der Waals surface area contributed by atoms with E-state index in [1.54, 1.807) is 12.4 Å². The van der Waals surface area contributed by atoms with Crippen LogP contribution in [0.5, 0.6) is 0 Å². The molecule has 3 aromatic heterocycles. The summed E-state index contributed by atoms with van der Waals surface area (Å²) in [6.07, 6.45) is 7.63. The molecule has 2 N–H and O–H groups in total. The predicted molar refractivity (Wildman–Crippen MR) is 109 cm³/mol. The minimum Gasteiger partial charge on any atom is -0.368 e. The fourth-order valence-corrected chi connectivity index (χ4v) is 3.47. The van der Waals surface area contributed by atoms with Gasteiger partial charge in [0.05, 0.1) is 24.1 Å². The standard InChI is InChI=1S/C19H22ClN7O/c1-26-4-6-27(7-5-26)19(28)16-10-21-12-18(25-16)22-3-2-13-9-23-15-11-24-17(20)8-14(13)15/h8-12,23H,2-7H2,1H3,(H,22,25). The highest BCUT2D eigenvalue weighted by molar-refractivity contribution is 6.30. The number of carbonyl (C=O) groups is 1. The van der Waals surface area contributed by atoms with E-state index in [1.807, 2.05) is 17.2 Å². The van der Waals surface area contributed by atoms with Crippen LogP contribution >= 0.6 is 11.6 Å². The van der Waals surface area contributed by atoms with E-state index in [2.05, 4.69) is 37.2 Å². The summed E-state index contributed by atoms with van der Waals surface area (Å²) in [5.41, 5.74) is 2.47. The van der Waals surface area contributed by atoms with Crippen LogP contribution in [-0.4, -0.2) is 75.4 Å². The molecule has 8 nitrogen and oxygen atoms in total. The number of anilines is 1. The number of aromatic amines is 1. The second-order valence-electron chi connectivity index (χ2n) is 6.93. The van der Waals surface area contributed by atoms with Crippen LogP contribution in [0.25, 0.3) is 10.9 Å². The van der Waals surface area contributed by atoms with Gasteiger partial charge in [-0.3, -0.25) is 9.78 Å². The number of hydrogen-bond acceptors (Lipinski definition) is 6. The summed E-state index contributed by atoms with van der Waals surface area (Å²) in [6.45, 7) is 3.84. The molecule has 0 aliphatic carbocycles. The van der Waals surface area contributed by atoms with E-state index in [1.165, 1.54) is 6.20 Å². The van der Waals surface area contributed by atoms with E-state index in [0.29, 0.717) is 36.3 Å². The molecule has 28 heavy (non-hydrogen) atoms. The van der Waals surface area contributed by atoms with Gasteiger partial charge in [-0.1, -0.05) is 11.6 Å². The Morgan fingerprint density at radius 2 is 2.07 bits per heavy atom. The minimum absolute atomic E-state index is 0.0666. The van der Waals surface area contributed by atoms with Crippen LogP contribution in [0.4, 0.5) is 5.82 Å². The van der Waals surface area contributed by atoms with Crippen molar-refractivity contribution in [3.05, 3.63) is 47.3 Å². The molecule has 0 unspecified atom stereocenters. The van der Waals surface area contributed by atoms with Gasteiger partial charge in [0, 0.05) is 44.3 Å². The highest BCUT2D eigenvalue weighted by Crippen LogP contribution is 2.21. The molecule has 0 radical (unpaired) electrons. The highest BCUT2D eigenvalue weighted by Gasteiger charge is 2.21. The Morgan fingerprint density at radius 1 is 1.25 bits per heavy atom. The van der Waals surface area contributed by atoms with E-state index in [4.69, 9.17) is 11.6 Å². The number of hydrogen-bond donors (Lipinski definition) is 2. The lowest BCUT2D eigenvalue weighted by Gasteiger charge is -2.32. The van der Waals surface area contributed by atoms with Gasteiger partial charge in [-0.2, -0.15) is 0 Å². The monoisotopic (exact) mass is 399 g/mol. The van der Waals surface area contributed by atoms with Gasteiger partial charge in [-0.05, 0) is 25.1 Å². The fraction of sp³-hybridized carbons (Fsp3) is 0.368. The summed E-state index contributed by atoms with van der Waals surface area (Å²) in [7, 11) is 2.06. The molecule has 1 amide bonds. The Hall–Kier alpha value is -2.71. The molecule has 3 aromatic rings. The summed E-state index contributed by atoms with van der Waals surface area (Å²) in [5.74, 6) is 0.530. The first-order chi connectivity index (χ1) is 13.6. The van der Waals surface area contributed by atoms with Crippen molar-refractivity contribution >= 4 is 34.2 Å². The maximum absolute atomic E-state index is 12.7. The lowest BCUT2D eigenvalue weighted by molar-refractivity contribution is 0.0658. The molecule has 4 heterocycles. The number of nitrogens with zero attached hydrogens (tertiary/aromatic N) is 5. The van der Waals surface area contributed by atoms with Crippen molar-refractivity contribution < 1.29 is 4.79 Å². The first-order valence-electron chi connectivity index (χ1n) is 9.25. The number of pyridine rings is 1. The predicted octanol–water partition coefficient (Wildman–Crippen LogP) is 2.05. The molecule has 0 aromatic carbocycles. The lowest BCUT2D eigenvalue weighted by atomic mass is 10.1. The van der Waals surface area contributed by atoms with Gasteiger partial charge in [0.25, 0.3) is 5.91 Å². The van der Waals surface area contributed by atoms with Crippen molar-refractivity contribution in [3.63, 3.8) is 0 Å². The molecule has 0 atom stereocenters. The molecule has 0 spiro atoms. The average Bonchev–Trinajstić information content (AvgIpc) is 3.10. The zero-order valence-electron chi connectivity index (χ0n) is 15.7. The molecular weight excluding hydrogens is 378 g/mol. The van der Waals surface area contributed by atoms with Gasteiger partial charge in [0.2, 0.25) is 0 Å². The van der Waals surface area contributed by atoms with Crippen LogP contribution in [0.1, 0.15) is 16.1 Å². The number of carbonyl (C=O) groups excluding carboxylic acids is 1. The zero-order valence-corrected chi connectivity index (χ0v) is 16.4. The van der Waals surface area contributed by atoms with Crippen LogP contribution in [0, 0.1) is 0 Å². The molecule has 0 saturated carbocycles. The van der Waals surface area contributed by atoms with Crippen LogP contribution in [-0.2, 0) is 6.42 Å². The van der Waals surface area contributed by atoms with E-state index in [9.17, 15) is 4.79 Å². The second-order valence-corrected chi connectivity index (χ2v) is 7.32. The number of amides is 1. The van der Waals surface area contributed by atoms with Crippen LogP contribution in [0.2, 0.25) is 5.15 Å². The van der Waals surface area contributed by atoms with Crippen LogP contribution < -0.4 is 5.32 Å². The molecule has 146 valence electrons. The van der Waals surface area contributed by atoms with Crippen LogP contribution in [0.3, 0.4) is 0 Å². The van der Waals surface area contributed by atoms with E-state index in [0.717, 1.165) is 36.0 Å². The highest BCUT2D eigenvalue weighted by atomic mass is 35.5. The topological polar surface area (TPSA) is 90.0 Å². The smallest absolute Gasteiger partial charge is 0.274 e. The number of fused-ring (bicyclic) bond motifs is 1. The van der Waals surface area contributed by atoms with Gasteiger partial charge >= 0.3 is 0 Å². The third-order valence-electron chi connectivity index (χ3n) is 4.96. The van der Waals surface area contributed by atoms with E-state index in [-0.39, 0.29) is 5.91 Å². The summed E-state index contributed by atoms with van der Waals surface area (Å²) >= 11 is 6.00. The van der Waals surface area contributed by atoms with Crippen LogP contribution in [0.15, 0.2) is 30.9 Å². The maximum atomic E-state index is 12.7. The lowest BCUT2D eigenvalue weighted by Crippen LogP contribution is -2.47. The largest absolute Gasteiger partial charge is 0.368 e. The van der Waals surface area contributed by atoms with Crippen molar-refractivity contribution in [2.45, 2.75) is 6.42 Å². The molecule has 4 rings (SSSR count). The third kappa shape index (κ3) is 4.07. The number of halogens is 1. The summed E-state index contributed by atoms with van der Waals surface area (Å²) in [5, 5.41) is 4.79. The first-order valence-corrected chi connectivity index (χ1v) is 9.63. The fourth-order valence-electron chi connectivity index (χ4n) is 3.31. The molecule has 1 aliphatic rings. The van der Waals surface area contributed by atoms with Crippen molar-refractivity contribution in [1.82, 2.24) is 29.7 Å². The van der Waals surface area contributed by atoms with E-state index < -0.39 is 0 Å². The molecular formula is C19H22ClN7O. The molecule has 1 fully saturated rings. The van der Waals surface area contributed by atoms with E-state index >= 15 is 0 Å². The minimum atomic E-state index is -0.0666. The number of rotatable bonds is 5. The number of H-pyrrole nitrogens is 1. The van der Waals surface area contributed by atoms with Gasteiger partial charge in [-0.15, -0.1) is 0 Å². The van der Waals surface area contributed by atoms with Gasteiger partial charge < -0.3 is 20.1 Å². The van der Waals surface area contributed by atoms with Gasteiger partial charge in [0.15, 0.2) is 0 Å². The summed E-state index contributed by atoms with van der Waals surface area (Å²) < 4.78 is 0. The SMILES string of the molecule is CN1CCN(C(=O)c2cncc(NCCc3c[nH]c4cnc(Cl)cc34)n2)CC1. The average molecular weight is 400 g/mol. The molecule has 1 saturated heterocycles. The second kappa shape index (κ2) is 8.12. The third-order valence-corrected chi connectivity index (χ3v) is 5.17. The Morgan fingerprint density at radius 3 is 2.89 bits per heavy atom. The number of aromatic nitrogens is 4. The summed E-state index contributed by atoms with van der Waals surface area (Å²) in [4.78, 5) is 32.6. The number of piperazine rings is 1. The van der Waals surface area contributed by atoms with Crippen molar-refractivity contribution in [3.8, 4) is 0 Å². The Bertz CT molecular complexity index is 981. The normalized spacial score (nSPS) is 15.1. The Labute approximate surface area is 167 Å². The Balaban J connectivity index is 1.38. The number of nitrogens with one attached hydrogen (secondary N) is 2. The maximum Gasteiger partial charge on any atom is 0.274 e. The van der Waals surface area contributed by atoms with Gasteiger partial charge in [0.1, 0.15) is 16.7 Å².